The summed E-state index contributed by atoms with van der Waals surface area (Å²) in [4.78, 5) is 26.8. The van der Waals surface area contributed by atoms with Gasteiger partial charge in [-0.1, -0.05) is 18.5 Å². The Morgan fingerprint density at radius 2 is 2.05 bits per heavy atom. The van der Waals surface area contributed by atoms with Crippen LogP contribution in [0, 0.1) is 0 Å². The summed E-state index contributed by atoms with van der Waals surface area (Å²) in [7, 11) is 0. The van der Waals surface area contributed by atoms with Gasteiger partial charge >= 0.3 is 0 Å². The lowest BCUT2D eigenvalue weighted by molar-refractivity contribution is -0.120. The number of carbonyl (C=O) groups is 2. The zero-order chi connectivity index (χ0) is 14.3. The highest BCUT2D eigenvalue weighted by Crippen LogP contribution is 2.11. The number of hydrogen-bond acceptors (Lipinski definition) is 4. The Morgan fingerprint density at radius 1 is 1.32 bits per heavy atom. The molecule has 2 amide bonds. The molecule has 1 heterocycles. The molecule has 0 aromatic carbocycles. The van der Waals surface area contributed by atoms with Gasteiger partial charge < -0.3 is 16.4 Å². The number of halogens is 1. The highest BCUT2D eigenvalue weighted by Gasteiger charge is 2.08. The molecule has 0 bridgehead atoms. The number of aromatic nitrogens is 1. The Morgan fingerprint density at radius 3 is 2.68 bits per heavy atom. The fraction of sp³-hybridized carbons (Fsp3) is 0.417. The number of anilines is 1. The fourth-order valence-corrected chi connectivity index (χ4v) is 1.61. The zero-order valence-corrected chi connectivity index (χ0v) is 11.5. The van der Waals surface area contributed by atoms with E-state index in [1.165, 1.54) is 12.1 Å². The first-order valence-electron chi connectivity index (χ1n) is 6.01. The van der Waals surface area contributed by atoms with Crippen molar-refractivity contribution in [3.05, 3.63) is 22.8 Å². The van der Waals surface area contributed by atoms with Crippen molar-refractivity contribution < 1.29 is 9.59 Å². The number of hydrogen-bond donors (Lipinski definition) is 3. The maximum absolute atomic E-state index is 11.8. The van der Waals surface area contributed by atoms with Crippen LogP contribution in [0.15, 0.2) is 12.1 Å². The highest BCUT2D eigenvalue weighted by molar-refractivity contribution is 6.29. The standard InChI is InChI=1S/C12H17ClN4O2/c1-2-4-15-11(18)3-5-16-12(19)8-6-9(13)17-10(14)7-8/h6-7H,2-5H2,1H3,(H2,14,17)(H,15,18)(H,16,19). The number of nitrogens with one attached hydrogen (secondary N) is 2. The summed E-state index contributed by atoms with van der Waals surface area (Å²) in [5, 5.41) is 5.50. The first kappa shape index (κ1) is 15.2. The van der Waals surface area contributed by atoms with Crippen molar-refractivity contribution in [2.24, 2.45) is 0 Å². The van der Waals surface area contributed by atoms with E-state index in [9.17, 15) is 9.59 Å². The molecule has 0 aliphatic heterocycles. The predicted molar refractivity (Wildman–Crippen MR) is 73.9 cm³/mol. The lowest BCUT2D eigenvalue weighted by Crippen LogP contribution is -2.31. The van der Waals surface area contributed by atoms with Gasteiger partial charge in [0.15, 0.2) is 0 Å². The molecule has 1 rings (SSSR count). The van der Waals surface area contributed by atoms with Gasteiger partial charge in [-0.2, -0.15) is 0 Å². The van der Waals surface area contributed by atoms with E-state index >= 15 is 0 Å². The Labute approximate surface area is 116 Å². The number of nitrogens with zero attached hydrogens (tertiary/aromatic N) is 1. The number of rotatable bonds is 6. The largest absolute Gasteiger partial charge is 0.384 e. The van der Waals surface area contributed by atoms with E-state index in [0.29, 0.717) is 12.1 Å². The van der Waals surface area contributed by atoms with Crippen molar-refractivity contribution in [3.63, 3.8) is 0 Å². The lowest BCUT2D eigenvalue weighted by atomic mass is 10.2. The van der Waals surface area contributed by atoms with Crippen LogP contribution in [0.2, 0.25) is 5.15 Å². The van der Waals surface area contributed by atoms with Crippen LogP contribution in [-0.2, 0) is 4.79 Å². The molecular formula is C12H17ClN4O2. The van der Waals surface area contributed by atoms with Gasteiger partial charge in [0, 0.05) is 25.1 Å². The van der Waals surface area contributed by atoms with E-state index in [1.54, 1.807) is 0 Å². The Bertz CT molecular complexity index is 445. The third-order valence-electron chi connectivity index (χ3n) is 2.29. The predicted octanol–water partition coefficient (Wildman–Crippen LogP) is 0.963. The monoisotopic (exact) mass is 284 g/mol. The molecule has 1 aromatic heterocycles. The zero-order valence-electron chi connectivity index (χ0n) is 10.7. The molecule has 1 aromatic rings. The van der Waals surface area contributed by atoms with Gasteiger partial charge in [-0.15, -0.1) is 0 Å². The summed E-state index contributed by atoms with van der Waals surface area (Å²) >= 11 is 5.70. The van der Waals surface area contributed by atoms with Crippen molar-refractivity contribution >= 4 is 29.2 Å². The fourth-order valence-electron chi connectivity index (χ4n) is 1.39. The number of carbonyl (C=O) groups excluding carboxylic acids is 2. The van der Waals surface area contributed by atoms with E-state index < -0.39 is 0 Å². The molecular weight excluding hydrogens is 268 g/mol. The molecule has 0 atom stereocenters. The molecule has 0 radical (unpaired) electrons. The number of amides is 2. The average molecular weight is 285 g/mol. The Hall–Kier alpha value is -1.82. The SMILES string of the molecule is CCCNC(=O)CCNC(=O)c1cc(N)nc(Cl)c1. The maximum Gasteiger partial charge on any atom is 0.251 e. The van der Waals surface area contributed by atoms with E-state index in [4.69, 9.17) is 17.3 Å². The van der Waals surface area contributed by atoms with Crippen LogP contribution in [-0.4, -0.2) is 29.9 Å². The molecule has 0 unspecified atom stereocenters. The summed E-state index contributed by atoms with van der Waals surface area (Å²) < 4.78 is 0. The van der Waals surface area contributed by atoms with Crippen molar-refractivity contribution in [2.75, 3.05) is 18.8 Å². The summed E-state index contributed by atoms with van der Waals surface area (Å²) in [5.74, 6) is -0.243. The van der Waals surface area contributed by atoms with E-state index in [-0.39, 0.29) is 35.8 Å². The van der Waals surface area contributed by atoms with Crippen LogP contribution in [0.5, 0.6) is 0 Å². The molecule has 4 N–H and O–H groups in total. The van der Waals surface area contributed by atoms with Gasteiger partial charge in [-0.3, -0.25) is 9.59 Å². The average Bonchev–Trinajstić information content (AvgIpc) is 2.35. The molecule has 0 spiro atoms. The van der Waals surface area contributed by atoms with Gasteiger partial charge in [0.25, 0.3) is 5.91 Å². The molecule has 0 aliphatic rings. The second-order valence-electron chi connectivity index (χ2n) is 3.96. The smallest absolute Gasteiger partial charge is 0.251 e. The van der Waals surface area contributed by atoms with Gasteiger partial charge in [-0.25, -0.2) is 4.98 Å². The normalized spacial score (nSPS) is 10.0. The van der Waals surface area contributed by atoms with Gasteiger partial charge in [-0.05, 0) is 18.6 Å². The molecule has 19 heavy (non-hydrogen) atoms. The van der Waals surface area contributed by atoms with Crippen LogP contribution in [0.4, 0.5) is 5.82 Å². The van der Waals surface area contributed by atoms with Crippen molar-refractivity contribution in [3.8, 4) is 0 Å². The maximum atomic E-state index is 11.8. The minimum atomic E-state index is -0.334. The van der Waals surface area contributed by atoms with E-state index in [0.717, 1.165) is 6.42 Å². The summed E-state index contributed by atoms with van der Waals surface area (Å²) in [5.41, 5.74) is 5.81. The number of pyridine rings is 1. The molecule has 0 saturated heterocycles. The van der Waals surface area contributed by atoms with Gasteiger partial charge in [0.05, 0.1) is 0 Å². The van der Waals surface area contributed by atoms with Crippen LogP contribution in [0.3, 0.4) is 0 Å². The van der Waals surface area contributed by atoms with Crippen LogP contribution >= 0.6 is 11.6 Å². The quantitative estimate of drug-likeness (QED) is 0.678. The molecule has 0 saturated carbocycles. The third-order valence-corrected chi connectivity index (χ3v) is 2.48. The third kappa shape index (κ3) is 5.56. The van der Waals surface area contributed by atoms with Crippen molar-refractivity contribution in [1.29, 1.82) is 0 Å². The van der Waals surface area contributed by atoms with Crippen LogP contribution in [0.25, 0.3) is 0 Å². The first-order valence-corrected chi connectivity index (χ1v) is 6.38. The number of nitrogens with two attached hydrogens (primary N) is 1. The Balaban J connectivity index is 2.41. The summed E-state index contributed by atoms with van der Waals surface area (Å²) in [6, 6.07) is 2.85. The van der Waals surface area contributed by atoms with Gasteiger partial charge in [0.1, 0.15) is 11.0 Å². The van der Waals surface area contributed by atoms with Crippen LogP contribution in [0.1, 0.15) is 30.1 Å². The minimum absolute atomic E-state index is 0.0885. The van der Waals surface area contributed by atoms with Gasteiger partial charge in [0.2, 0.25) is 5.91 Å². The molecule has 104 valence electrons. The molecule has 7 heteroatoms. The minimum Gasteiger partial charge on any atom is -0.384 e. The lowest BCUT2D eigenvalue weighted by Gasteiger charge is -2.06. The molecule has 0 fully saturated rings. The van der Waals surface area contributed by atoms with E-state index in [2.05, 4.69) is 15.6 Å². The first-order chi connectivity index (χ1) is 9.02. The summed E-state index contributed by atoms with van der Waals surface area (Å²) in [6.45, 7) is 2.87. The topological polar surface area (TPSA) is 97.1 Å². The number of nitrogen functional groups attached to an aromatic ring is 1. The molecule has 0 aliphatic carbocycles. The Kier molecular flexibility index (Phi) is 6.08. The van der Waals surface area contributed by atoms with Crippen molar-refractivity contribution in [2.45, 2.75) is 19.8 Å². The summed E-state index contributed by atoms with van der Waals surface area (Å²) in [6.07, 6.45) is 1.12. The second-order valence-corrected chi connectivity index (χ2v) is 4.35. The van der Waals surface area contributed by atoms with Crippen molar-refractivity contribution in [1.82, 2.24) is 15.6 Å². The van der Waals surface area contributed by atoms with Crippen LogP contribution < -0.4 is 16.4 Å². The highest BCUT2D eigenvalue weighted by atomic mass is 35.5. The van der Waals surface area contributed by atoms with E-state index in [1.807, 2.05) is 6.92 Å². The second kappa shape index (κ2) is 7.58. The molecule has 6 nitrogen and oxygen atoms in total.